The minimum Gasteiger partial charge on any atom is -0.507 e. The minimum atomic E-state index is -0.763. The maximum atomic E-state index is 13.1. The molecule has 5 heteroatoms. The van der Waals surface area contributed by atoms with Crippen LogP contribution < -0.4 is 11.2 Å². The largest absolute Gasteiger partial charge is 0.507 e. The molecule has 0 radical (unpaired) electrons. The SMILES string of the molecule is CCc1c(-c2ccccc2)oc2c(C(N)(CC)CC)c(O)ccc2c1=O.Cl. The van der Waals surface area contributed by atoms with Gasteiger partial charge < -0.3 is 15.3 Å². The van der Waals surface area contributed by atoms with E-state index in [0.29, 0.717) is 47.1 Å². The fourth-order valence-electron chi connectivity index (χ4n) is 3.51. The van der Waals surface area contributed by atoms with Gasteiger partial charge in [0.25, 0.3) is 0 Å². The fraction of sp³-hybridized carbons (Fsp3) is 0.318. The molecule has 3 aromatic rings. The second kappa shape index (κ2) is 8.15. The normalized spacial score (nSPS) is 11.4. The predicted octanol–water partition coefficient (Wildman–Crippen LogP) is 5.12. The zero-order valence-corrected chi connectivity index (χ0v) is 16.7. The van der Waals surface area contributed by atoms with Crippen molar-refractivity contribution in [1.82, 2.24) is 0 Å². The highest BCUT2D eigenvalue weighted by molar-refractivity contribution is 5.86. The molecular weight excluding hydrogens is 362 g/mol. The van der Waals surface area contributed by atoms with E-state index in [4.69, 9.17) is 10.2 Å². The molecule has 1 heterocycles. The summed E-state index contributed by atoms with van der Waals surface area (Å²) in [6, 6.07) is 12.7. The molecule has 1 aromatic heterocycles. The van der Waals surface area contributed by atoms with Crippen LogP contribution >= 0.6 is 12.4 Å². The second-order valence-electron chi connectivity index (χ2n) is 6.66. The van der Waals surface area contributed by atoms with E-state index < -0.39 is 5.54 Å². The van der Waals surface area contributed by atoms with E-state index in [0.717, 1.165) is 5.56 Å². The zero-order valence-electron chi connectivity index (χ0n) is 15.9. The molecule has 3 rings (SSSR count). The van der Waals surface area contributed by atoms with Crippen LogP contribution in [0.1, 0.15) is 44.7 Å². The molecule has 0 fully saturated rings. The van der Waals surface area contributed by atoms with Crippen LogP contribution in [0, 0.1) is 0 Å². The maximum Gasteiger partial charge on any atom is 0.196 e. The molecule has 0 atom stereocenters. The van der Waals surface area contributed by atoms with E-state index in [1.165, 1.54) is 0 Å². The number of hydrogen-bond acceptors (Lipinski definition) is 4. The van der Waals surface area contributed by atoms with Crippen LogP contribution in [-0.2, 0) is 12.0 Å². The Morgan fingerprint density at radius 3 is 2.22 bits per heavy atom. The second-order valence-corrected chi connectivity index (χ2v) is 6.66. The topological polar surface area (TPSA) is 76.5 Å². The average molecular weight is 388 g/mol. The fourth-order valence-corrected chi connectivity index (χ4v) is 3.51. The van der Waals surface area contributed by atoms with Crippen LogP contribution in [0.2, 0.25) is 0 Å². The molecule has 0 spiro atoms. The maximum absolute atomic E-state index is 13.1. The van der Waals surface area contributed by atoms with Gasteiger partial charge in [0.1, 0.15) is 17.1 Å². The van der Waals surface area contributed by atoms with Crippen LogP contribution in [0.4, 0.5) is 0 Å². The number of aromatic hydroxyl groups is 1. The van der Waals surface area contributed by atoms with Crippen molar-refractivity contribution in [2.45, 2.75) is 45.6 Å². The Morgan fingerprint density at radius 1 is 1.04 bits per heavy atom. The van der Waals surface area contributed by atoms with Gasteiger partial charge in [-0.2, -0.15) is 0 Å². The van der Waals surface area contributed by atoms with E-state index in [9.17, 15) is 9.90 Å². The highest BCUT2D eigenvalue weighted by atomic mass is 35.5. The molecule has 0 unspecified atom stereocenters. The van der Waals surface area contributed by atoms with Crippen molar-refractivity contribution < 1.29 is 9.52 Å². The lowest BCUT2D eigenvalue weighted by atomic mass is 9.84. The number of fused-ring (bicyclic) bond motifs is 1. The van der Waals surface area contributed by atoms with Gasteiger partial charge in [-0.05, 0) is 31.4 Å². The summed E-state index contributed by atoms with van der Waals surface area (Å²) >= 11 is 0. The molecule has 27 heavy (non-hydrogen) atoms. The van der Waals surface area contributed by atoms with Gasteiger partial charge in [-0.1, -0.05) is 51.1 Å². The van der Waals surface area contributed by atoms with Crippen LogP contribution in [0.15, 0.2) is 51.7 Å². The van der Waals surface area contributed by atoms with E-state index in [1.54, 1.807) is 12.1 Å². The average Bonchev–Trinajstić information content (AvgIpc) is 2.67. The van der Waals surface area contributed by atoms with Crippen LogP contribution in [-0.4, -0.2) is 5.11 Å². The van der Waals surface area contributed by atoms with Gasteiger partial charge in [0, 0.05) is 16.7 Å². The van der Waals surface area contributed by atoms with Crippen molar-refractivity contribution in [2.24, 2.45) is 5.73 Å². The number of phenols is 1. The number of halogens is 1. The molecular formula is C22H26ClNO3. The first-order chi connectivity index (χ1) is 12.5. The Bertz CT molecular complexity index is 992. The van der Waals surface area contributed by atoms with Crippen molar-refractivity contribution in [3.63, 3.8) is 0 Å². The van der Waals surface area contributed by atoms with Gasteiger partial charge in [0.2, 0.25) is 0 Å². The van der Waals surface area contributed by atoms with Crippen molar-refractivity contribution in [3.8, 4) is 17.1 Å². The highest BCUT2D eigenvalue weighted by Crippen LogP contribution is 2.39. The minimum absolute atomic E-state index is 0. The van der Waals surface area contributed by atoms with Crippen molar-refractivity contribution in [1.29, 1.82) is 0 Å². The van der Waals surface area contributed by atoms with Crippen molar-refractivity contribution in [3.05, 3.63) is 63.8 Å². The number of phenolic OH excluding ortho intramolecular Hbond substituents is 1. The summed E-state index contributed by atoms with van der Waals surface area (Å²) in [6.07, 6.45) is 1.81. The first-order valence-electron chi connectivity index (χ1n) is 9.13. The summed E-state index contributed by atoms with van der Waals surface area (Å²) in [6.45, 7) is 5.88. The molecule has 0 aliphatic carbocycles. The van der Waals surface area contributed by atoms with Gasteiger partial charge >= 0.3 is 0 Å². The summed E-state index contributed by atoms with van der Waals surface area (Å²) in [7, 11) is 0. The standard InChI is InChI=1S/C22H25NO3.ClH/c1-4-15-19(25)16-12-13-17(24)18(22(23,5-2)6-3)21(16)26-20(15)14-10-8-7-9-11-14;/h7-13,24H,4-6,23H2,1-3H3;1H. The van der Waals surface area contributed by atoms with Gasteiger partial charge in [0.05, 0.1) is 10.9 Å². The van der Waals surface area contributed by atoms with Gasteiger partial charge in [-0.3, -0.25) is 4.79 Å². The molecule has 4 nitrogen and oxygen atoms in total. The number of nitrogens with two attached hydrogens (primary N) is 1. The Kier molecular flexibility index (Phi) is 6.34. The third-order valence-corrected chi connectivity index (χ3v) is 5.28. The Labute approximate surface area is 165 Å². The van der Waals surface area contributed by atoms with E-state index >= 15 is 0 Å². The molecule has 0 saturated heterocycles. The van der Waals surface area contributed by atoms with Gasteiger partial charge in [-0.25, -0.2) is 0 Å². The lowest BCUT2D eigenvalue weighted by Crippen LogP contribution is -2.35. The molecule has 3 N–H and O–H groups in total. The zero-order chi connectivity index (χ0) is 18.9. The van der Waals surface area contributed by atoms with Gasteiger partial charge in [0.15, 0.2) is 5.43 Å². The molecule has 0 bridgehead atoms. The first-order valence-corrected chi connectivity index (χ1v) is 9.13. The lowest BCUT2D eigenvalue weighted by Gasteiger charge is -2.28. The number of hydrogen-bond donors (Lipinski definition) is 2. The van der Waals surface area contributed by atoms with Crippen LogP contribution in [0.25, 0.3) is 22.3 Å². The molecule has 0 aliphatic rings. The van der Waals surface area contributed by atoms with Crippen LogP contribution in [0.3, 0.4) is 0 Å². The van der Waals surface area contributed by atoms with Crippen LogP contribution in [0.5, 0.6) is 5.75 Å². The molecule has 0 aliphatic heterocycles. The number of rotatable bonds is 5. The third-order valence-electron chi connectivity index (χ3n) is 5.28. The summed E-state index contributed by atoms with van der Waals surface area (Å²) in [5.74, 6) is 0.613. The summed E-state index contributed by atoms with van der Waals surface area (Å²) < 4.78 is 6.27. The summed E-state index contributed by atoms with van der Waals surface area (Å²) in [5.41, 5.74) is 8.12. The Balaban J connectivity index is 0.00000261. The smallest absolute Gasteiger partial charge is 0.196 e. The van der Waals surface area contributed by atoms with E-state index in [1.807, 2.05) is 51.1 Å². The number of benzene rings is 2. The summed E-state index contributed by atoms with van der Waals surface area (Å²) in [5, 5.41) is 11.0. The monoisotopic (exact) mass is 387 g/mol. The predicted molar refractivity (Wildman–Crippen MR) is 113 cm³/mol. The highest BCUT2D eigenvalue weighted by Gasteiger charge is 2.31. The van der Waals surface area contributed by atoms with Gasteiger partial charge in [-0.15, -0.1) is 12.4 Å². The molecule has 2 aromatic carbocycles. The molecule has 0 amide bonds. The molecule has 144 valence electrons. The third kappa shape index (κ3) is 3.47. The first kappa shape index (κ1) is 21.0. The molecule has 0 saturated carbocycles. The van der Waals surface area contributed by atoms with Crippen molar-refractivity contribution in [2.75, 3.05) is 0 Å². The van der Waals surface area contributed by atoms with E-state index in [2.05, 4.69) is 0 Å². The lowest BCUT2D eigenvalue weighted by molar-refractivity contribution is 0.378. The quantitative estimate of drug-likeness (QED) is 0.636. The van der Waals surface area contributed by atoms with E-state index in [-0.39, 0.29) is 23.6 Å². The van der Waals surface area contributed by atoms with Crippen molar-refractivity contribution >= 4 is 23.4 Å². The Morgan fingerprint density at radius 2 is 1.67 bits per heavy atom. The summed E-state index contributed by atoms with van der Waals surface area (Å²) in [4.78, 5) is 13.1. The Hall–Kier alpha value is -2.30.